The van der Waals surface area contributed by atoms with E-state index in [1.165, 1.54) is 23.4 Å². The molecule has 2 aromatic carbocycles. The van der Waals surface area contributed by atoms with Crippen LogP contribution in [0.5, 0.6) is 5.75 Å². The van der Waals surface area contributed by atoms with Crippen molar-refractivity contribution in [2.45, 2.75) is 17.8 Å². The summed E-state index contributed by atoms with van der Waals surface area (Å²) in [6.07, 6.45) is 0. The topological polar surface area (TPSA) is 83.0 Å². The monoisotopic (exact) mass is 388 g/mol. The minimum atomic E-state index is 0.00383. The van der Waals surface area contributed by atoms with Crippen LogP contribution in [0.3, 0.4) is 0 Å². The molecule has 8 heteroatoms. The summed E-state index contributed by atoms with van der Waals surface area (Å²) in [5, 5.41) is 9.45. The van der Waals surface area contributed by atoms with Gasteiger partial charge in [-0.05, 0) is 37.3 Å². The van der Waals surface area contributed by atoms with Crippen LogP contribution >= 0.6 is 23.4 Å². The molecular formula is C18H17ClN4O2S. The van der Waals surface area contributed by atoms with Crippen LogP contribution in [0.1, 0.15) is 22.8 Å². The summed E-state index contributed by atoms with van der Waals surface area (Å²) in [5.74, 6) is 7.92. The minimum absolute atomic E-state index is 0.00383. The van der Waals surface area contributed by atoms with Crippen molar-refractivity contribution in [2.75, 3.05) is 13.0 Å². The molecule has 0 aliphatic rings. The number of ketones is 1. The van der Waals surface area contributed by atoms with Crippen LogP contribution in [0.15, 0.2) is 47.6 Å². The van der Waals surface area contributed by atoms with Crippen molar-refractivity contribution in [1.29, 1.82) is 0 Å². The summed E-state index contributed by atoms with van der Waals surface area (Å²) >= 11 is 7.43. The highest BCUT2D eigenvalue weighted by atomic mass is 35.5. The largest absolute Gasteiger partial charge is 0.496 e. The highest BCUT2D eigenvalue weighted by Gasteiger charge is 2.14. The van der Waals surface area contributed by atoms with Crippen LogP contribution in [0, 0.1) is 0 Å². The number of Topliss-reactive ketones (excluding diaryl/α,β-unsaturated/α-hetero) is 1. The number of hydrogen-bond acceptors (Lipinski definition) is 6. The Hall–Kier alpha value is -2.51. The fraction of sp³-hybridized carbons (Fsp3) is 0.167. The van der Waals surface area contributed by atoms with Crippen LogP contribution in [0.4, 0.5) is 0 Å². The first kappa shape index (κ1) is 18.3. The molecule has 0 fully saturated rings. The van der Waals surface area contributed by atoms with Crippen molar-refractivity contribution in [2.24, 2.45) is 0 Å². The fourth-order valence-corrected chi connectivity index (χ4v) is 3.48. The predicted octanol–water partition coefficient (Wildman–Crippen LogP) is 3.82. The smallest absolute Gasteiger partial charge is 0.210 e. The molecule has 1 heterocycles. The molecule has 0 unspecified atom stereocenters. The number of carbonyl (C=O) groups excluding carboxylic acids is 1. The maximum atomic E-state index is 11.6. The third kappa shape index (κ3) is 3.84. The standard InChI is InChI=1S/C18H17ClN4O2S/c1-11(24)12-6-7-16(25-2)14(8-12)10-26-18-22-21-17(23(18)20)13-4-3-5-15(19)9-13/h3-9H,10,20H2,1-2H3. The van der Waals surface area contributed by atoms with Crippen LogP contribution in [-0.4, -0.2) is 27.8 Å². The molecule has 2 N–H and O–H groups in total. The summed E-state index contributed by atoms with van der Waals surface area (Å²) in [6.45, 7) is 1.53. The second kappa shape index (κ2) is 7.80. The number of methoxy groups -OCH3 is 1. The lowest BCUT2D eigenvalue weighted by Crippen LogP contribution is -2.11. The fourth-order valence-electron chi connectivity index (χ4n) is 2.45. The van der Waals surface area contributed by atoms with Gasteiger partial charge in [-0.25, -0.2) is 4.68 Å². The van der Waals surface area contributed by atoms with E-state index < -0.39 is 0 Å². The summed E-state index contributed by atoms with van der Waals surface area (Å²) in [6, 6.07) is 12.6. The van der Waals surface area contributed by atoms with Crippen molar-refractivity contribution >= 4 is 29.1 Å². The summed E-state index contributed by atoms with van der Waals surface area (Å²) in [5.41, 5.74) is 2.31. The number of hydrogen-bond donors (Lipinski definition) is 1. The number of nitrogen functional groups attached to an aromatic ring is 1. The molecular weight excluding hydrogens is 372 g/mol. The van der Waals surface area contributed by atoms with E-state index in [2.05, 4.69) is 10.2 Å². The van der Waals surface area contributed by atoms with Gasteiger partial charge in [-0.2, -0.15) is 0 Å². The van der Waals surface area contributed by atoms with E-state index in [1.807, 2.05) is 18.2 Å². The van der Waals surface area contributed by atoms with Gasteiger partial charge in [0, 0.05) is 27.5 Å². The normalized spacial score (nSPS) is 10.7. The van der Waals surface area contributed by atoms with E-state index in [-0.39, 0.29) is 5.78 Å². The number of aromatic nitrogens is 3. The zero-order valence-electron chi connectivity index (χ0n) is 14.3. The third-order valence-corrected chi connectivity index (χ3v) is 5.02. The zero-order chi connectivity index (χ0) is 18.7. The Bertz CT molecular complexity index is 958. The van der Waals surface area contributed by atoms with Crippen molar-refractivity contribution in [3.05, 3.63) is 58.6 Å². The van der Waals surface area contributed by atoms with Crippen molar-refractivity contribution in [1.82, 2.24) is 14.9 Å². The molecule has 0 radical (unpaired) electrons. The number of thioether (sulfide) groups is 1. The molecule has 1 aromatic heterocycles. The number of nitrogens with zero attached hydrogens (tertiary/aromatic N) is 3. The van der Waals surface area contributed by atoms with Crippen LogP contribution < -0.4 is 10.6 Å². The van der Waals surface area contributed by atoms with Crippen molar-refractivity contribution in [3.8, 4) is 17.1 Å². The van der Waals surface area contributed by atoms with E-state index in [9.17, 15) is 4.79 Å². The molecule has 0 saturated heterocycles. The SMILES string of the molecule is COc1ccc(C(C)=O)cc1CSc1nnc(-c2cccc(Cl)c2)n1N. The molecule has 26 heavy (non-hydrogen) atoms. The Balaban J connectivity index is 1.83. The van der Waals surface area contributed by atoms with E-state index in [1.54, 1.807) is 31.4 Å². The lowest BCUT2D eigenvalue weighted by molar-refractivity contribution is 0.101. The van der Waals surface area contributed by atoms with Crippen LogP contribution in [0.25, 0.3) is 11.4 Å². The second-order valence-corrected chi connectivity index (χ2v) is 6.94. The van der Waals surface area contributed by atoms with E-state index >= 15 is 0 Å². The van der Waals surface area contributed by atoms with Gasteiger partial charge in [0.15, 0.2) is 11.6 Å². The predicted molar refractivity (Wildman–Crippen MR) is 103 cm³/mol. The quantitative estimate of drug-likeness (QED) is 0.392. The maximum Gasteiger partial charge on any atom is 0.210 e. The van der Waals surface area contributed by atoms with Crippen LogP contribution in [-0.2, 0) is 5.75 Å². The molecule has 134 valence electrons. The Kier molecular flexibility index (Phi) is 5.49. The molecule has 0 spiro atoms. The van der Waals surface area contributed by atoms with Gasteiger partial charge >= 0.3 is 0 Å². The second-order valence-electron chi connectivity index (χ2n) is 5.56. The number of halogens is 1. The first-order valence-electron chi connectivity index (χ1n) is 7.76. The molecule has 3 aromatic rings. The summed E-state index contributed by atoms with van der Waals surface area (Å²) in [7, 11) is 1.60. The van der Waals surface area contributed by atoms with Crippen LogP contribution in [0.2, 0.25) is 5.02 Å². The number of carbonyl (C=O) groups is 1. The Morgan fingerprint density at radius 2 is 2.08 bits per heavy atom. The lowest BCUT2D eigenvalue weighted by atomic mass is 10.1. The first-order valence-corrected chi connectivity index (χ1v) is 9.13. The van der Waals surface area contributed by atoms with Gasteiger partial charge in [0.25, 0.3) is 0 Å². The number of nitrogens with two attached hydrogens (primary N) is 1. The Morgan fingerprint density at radius 1 is 1.27 bits per heavy atom. The lowest BCUT2D eigenvalue weighted by Gasteiger charge is -2.09. The molecule has 6 nitrogen and oxygen atoms in total. The van der Waals surface area contributed by atoms with Crippen molar-refractivity contribution < 1.29 is 9.53 Å². The van der Waals surface area contributed by atoms with Gasteiger partial charge in [-0.15, -0.1) is 10.2 Å². The molecule has 0 atom stereocenters. The maximum absolute atomic E-state index is 11.6. The van der Waals surface area contributed by atoms with Gasteiger partial charge in [-0.1, -0.05) is 35.5 Å². The van der Waals surface area contributed by atoms with E-state index in [0.29, 0.717) is 33.1 Å². The first-order chi connectivity index (χ1) is 12.5. The molecule has 0 aliphatic carbocycles. The minimum Gasteiger partial charge on any atom is -0.496 e. The average Bonchev–Trinajstić information content (AvgIpc) is 3.00. The van der Waals surface area contributed by atoms with Gasteiger partial charge in [-0.3, -0.25) is 4.79 Å². The Labute approximate surface area is 160 Å². The third-order valence-electron chi connectivity index (χ3n) is 3.79. The van der Waals surface area contributed by atoms with Gasteiger partial charge in [0.1, 0.15) is 5.75 Å². The molecule has 0 aliphatic heterocycles. The van der Waals surface area contributed by atoms with Gasteiger partial charge in [0.05, 0.1) is 7.11 Å². The van der Waals surface area contributed by atoms with E-state index in [4.69, 9.17) is 22.2 Å². The number of rotatable bonds is 6. The number of ether oxygens (including phenoxy) is 1. The highest BCUT2D eigenvalue weighted by molar-refractivity contribution is 7.98. The molecule has 0 amide bonds. The van der Waals surface area contributed by atoms with E-state index in [0.717, 1.165) is 11.1 Å². The molecule has 0 bridgehead atoms. The molecule has 3 rings (SSSR count). The van der Waals surface area contributed by atoms with Gasteiger partial charge in [0.2, 0.25) is 5.16 Å². The highest BCUT2D eigenvalue weighted by Crippen LogP contribution is 2.29. The Morgan fingerprint density at radius 3 is 2.77 bits per heavy atom. The number of benzene rings is 2. The molecule has 0 saturated carbocycles. The van der Waals surface area contributed by atoms with Gasteiger partial charge < -0.3 is 10.6 Å². The van der Waals surface area contributed by atoms with Crippen molar-refractivity contribution in [3.63, 3.8) is 0 Å². The summed E-state index contributed by atoms with van der Waals surface area (Å²) in [4.78, 5) is 11.6. The summed E-state index contributed by atoms with van der Waals surface area (Å²) < 4.78 is 6.80. The zero-order valence-corrected chi connectivity index (χ0v) is 15.8. The average molecular weight is 389 g/mol.